The molecule has 5 nitrogen and oxygen atoms in total. The van der Waals surface area contributed by atoms with Crippen molar-refractivity contribution >= 4 is 17.0 Å². The van der Waals surface area contributed by atoms with Crippen LogP contribution in [-0.4, -0.2) is 46.9 Å². The fourth-order valence-corrected chi connectivity index (χ4v) is 3.31. The Labute approximate surface area is 146 Å². The van der Waals surface area contributed by atoms with Crippen LogP contribution < -0.4 is 0 Å². The molecular formula is C20H21N3O2. The third kappa shape index (κ3) is 3.42. The van der Waals surface area contributed by atoms with E-state index in [0.717, 1.165) is 43.8 Å². The summed E-state index contributed by atoms with van der Waals surface area (Å²) in [6.07, 6.45) is 0. The summed E-state index contributed by atoms with van der Waals surface area (Å²) in [5, 5.41) is 0. The number of nitrogens with zero attached hydrogens (tertiary/aromatic N) is 3. The summed E-state index contributed by atoms with van der Waals surface area (Å²) in [4.78, 5) is 21.4. The minimum absolute atomic E-state index is 0.0712. The van der Waals surface area contributed by atoms with Crippen LogP contribution in [-0.2, 0) is 6.54 Å². The van der Waals surface area contributed by atoms with Crippen molar-refractivity contribution in [3.05, 3.63) is 65.5 Å². The number of aryl methyl sites for hydroxylation is 1. The minimum atomic E-state index is 0.0712. The second kappa shape index (κ2) is 6.69. The zero-order chi connectivity index (χ0) is 17.2. The van der Waals surface area contributed by atoms with Gasteiger partial charge in [0.05, 0.1) is 0 Å². The van der Waals surface area contributed by atoms with E-state index in [1.165, 1.54) is 5.56 Å². The van der Waals surface area contributed by atoms with E-state index in [1.807, 2.05) is 36.1 Å². The molecule has 0 bridgehead atoms. The molecule has 0 spiro atoms. The molecule has 2 aromatic carbocycles. The quantitative estimate of drug-likeness (QED) is 0.738. The van der Waals surface area contributed by atoms with Crippen LogP contribution in [0.4, 0.5) is 0 Å². The van der Waals surface area contributed by atoms with Crippen LogP contribution >= 0.6 is 0 Å². The number of carbonyl (C=O) groups is 1. The van der Waals surface area contributed by atoms with Crippen molar-refractivity contribution in [2.45, 2.75) is 13.5 Å². The smallest absolute Gasteiger partial charge is 0.254 e. The van der Waals surface area contributed by atoms with Gasteiger partial charge in [-0.1, -0.05) is 30.3 Å². The van der Waals surface area contributed by atoms with Crippen molar-refractivity contribution < 1.29 is 9.21 Å². The third-order valence-corrected chi connectivity index (χ3v) is 4.65. The van der Waals surface area contributed by atoms with Crippen molar-refractivity contribution in [1.82, 2.24) is 14.8 Å². The van der Waals surface area contributed by atoms with Crippen molar-refractivity contribution in [2.24, 2.45) is 0 Å². The maximum absolute atomic E-state index is 12.8. The fraction of sp³-hybridized carbons (Fsp3) is 0.300. The van der Waals surface area contributed by atoms with Crippen molar-refractivity contribution in [1.29, 1.82) is 0 Å². The molecule has 128 valence electrons. The highest BCUT2D eigenvalue weighted by atomic mass is 16.3. The lowest BCUT2D eigenvalue weighted by Crippen LogP contribution is -2.48. The number of fused-ring (bicyclic) bond motifs is 1. The van der Waals surface area contributed by atoms with Gasteiger partial charge in [0.25, 0.3) is 5.91 Å². The van der Waals surface area contributed by atoms with Gasteiger partial charge in [-0.25, -0.2) is 4.98 Å². The molecule has 0 N–H and O–H groups in total. The maximum atomic E-state index is 12.8. The first kappa shape index (κ1) is 15.8. The Morgan fingerprint density at radius 1 is 1.08 bits per heavy atom. The lowest BCUT2D eigenvalue weighted by atomic mass is 10.1. The van der Waals surface area contributed by atoms with Gasteiger partial charge in [-0.05, 0) is 23.8 Å². The van der Waals surface area contributed by atoms with E-state index in [0.29, 0.717) is 11.5 Å². The number of carbonyl (C=O) groups excluding carboxylic acids is 1. The number of piperazine rings is 1. The van der Waals surface area contributed by atoms with Gasteiger partial charge in [-0.3, -0.25) is 9.69 Å². The molecule has 1 fully saturated rings. The van der Waals surface area contributed by atoms with Crippen molar-refractivity contribution in [3.8, 4) is 0 Å². The Bertz CT molecular complexity index is 880. The predicted octanol–water partition coefficient (Wildman–Crippen LogP) is 3.09. The van der Waals surface area contributed by atoms with E-state index in [1.54, 1.807) is 0 Å². The Balaban J connectivity index is 1.40. The molecule has 1 aliphatic rings. The fourth-order valence-electron chi connectivity index (χ4n) is 3.31. The van der Waals surface area contributed by atoms with Crippen LogP contribution in [0.1, 0.15) is 21.8 Å². The predicted molar refractivity (Wildman–Crippen MR) is 96.4 cm³/mol. The number of oxazole rings is 1. The van der Waals surface area contributed by atoms with Gasteiger partial charge in [0.1, 0.15) is 5.52 Å². The van der Waals surface area contributed by atoms with Crippen LogP contribution in [0.2, 0.25) is 0 Å². The summed E-state index contributed by atoms with van der Waals surface area (Å²) in [6.45, 7) is 6.04. The SMILES string of the molecule is Cc1nc2cc(C(=O)N3CCN(Cc4ccccc4)CC3)ccc2o1. The van der Waals surface area contributed by atoms with E-state index < -0.39 is 0 Å². The van der Waals surface area contributed by atoms with Crippen LogP contribution in [0.15, 0.2) is 52.9 Å². The highest BCUT2D eigenvalue weighted by Crippen LogP contribution is 2.18. The van der Waals surface area contributed by atoms with Gasteiger partial charge >= 0.3 is 0 Å². The van der Waals surface area contributed by atoms with Gasteiger partial charge < -0.3 is 9.32 Å². The standard InChI is InChI=1S/C20H21N3O2/c1-15-21-18-13-17(7-8-19(18)25-15)20(24)23-11-9-22(10-12-23)14-16-5-3-2-4-6-16/h2-8,13H,9-12,14H2,1H3. The lowest BCUT2D eigenvalue weighted by molar-refractivity contribution is 0.0628. The van der Waals surface area contributed by atoms with E-state index in [4.69, 9.17) is 4.42 Å². The molecule has 0 radical (unpaired) electrons. The second-order valence-electron chi connectivity index (χ2n) is 6.47. The van der Waals surface area contributed by atoms with Gasteiger partial charge in [0.15, 0.2) is 11.5 Å². The zero-order valence-electron chi connectivity index (χ0n) is 14.3. The van der Waals surface area contributed by atoms with E-state index in [2.05, 4.69) is 34.1 Å². The zero-order valence-corrected chi connectivity index (χ0v) is 14.3. The van der Waals surface area contributed by atoms with Crippen LogP contribution in [0.25, 0.3) is 11.1 Å². The number of rotatable bonds is 3. The van der Waals surface area contributed by atoms with E-state index >= 15 is 0 Å². The monoisotopic (exact) mass is 335 g/mol. The molecule has 1 aromatic heterocycles. The molecule has 1 amide bonds. The Hall–Kier alpha value is -2.66. The van der Waals surface area contributed by atoms with Gasteiger partial charge in [0.2, 0.25) is 0 Å². The number of hydrogen-bond donors (Lipinski definition) is 0. The van der Waals surface area contributed by atoms with Crippen molar-refractivity contribution in [3.63, 3.8) is 0 Å². The first-order chi connectivity index (χ1) is 12.2. The molecule has 0 unspecified atom stereocenters. The molecule has 25 heavy (non-hydrogen) atoms. The average molecular weight is 335 g/mol. The molecule has 2 heterocycles. The van der Waals surface area contributed by atoms with Gasteiger partial charge in [-0.2, -0.15) is 0 Å². The number of benzene rings is 2. The largest absolute Gasteiger partial charge is 0.441 e. The van der Waals surface area contributed by atoms with Crippen LogP contribution in [0, 0.1) is 6.92 Å². The third-order valence-electron chi connectivity index (χ3n) is 4.65. The highest BCUT2D eigenvalue weighted by molar-refractivity contribution is 5.97. The molecular weight excluding hydrogens is 314 g/mol. The molecule has 0 saturated carbocycles. The molecule has 1 saturated heterocycles. The van der Waals surface area contributed by atoms with Gasteiger partial charge in [0, 0.05) is 45.2 Å². The topological polar surface area (TPSA) is 49.6 Å². The number of amides is 1. The molecule has 3 aromatic rings. The van der Waals surface area contributed by atoms with Gasteiger partial charge in [-0.15, -0.1) is 0 Å². The number of aromatic nitrogens is 1. The maximum Gasteiger partial charge on any atom is 0.254 e. The Kier molecular flexibility index (Phi) is 4.24. The molecule has 1 aliphatic heterocycles. The molecule has 0 aliphatic carbocycles. The minimum Gasteiger partial charge on any atom is -0.441 e. The molecule has 5 heteroatoms. The summed E-state index contributed by atoms with van der Waals surface area (Å²) < 4.78 is 5.48. The Morgan fingerprint density at radius 3 is 2.60 bits per heavy atom. The summed E-state index contributed by atoms with van der Waals surface area (Å²) >= 11 is 0. The summed E-state index contributed by atoms with van der Waals surface area (Å²) in [5.74, 6) is 0.691. The van der Waals surface area contributed by atoms with E-state index in [-0.39, 0.29) is 5.91 Å². The average Bonchev–Trinajstić information content (AvgIpc) is 3.02. The van der Waals surface area contributed by atoms with Crippen LogP contribution in [0.3, 0.4) is 0 Å². The lowest BCUT2D eigenvalue weighted by Gasteiger charge is -2.34. The van der Waals surface area contributed by atoms with Crippen molar-refractivity contribution in [2.75, 3.05) is 26.2 Å². The molecule has 4 rings (SSSR count). The first-order valence-corrected chi connectivity index (χ1v) is 8.62. The summed E-state index contributed by atoms with van der Waals surface area (Å²) in [7, 11) is 0. The van der Waals surface area contributed by atoms with E-state index in [9.17, 15) is 4.79 Å². The van der Waals surface area contributed by atoms with Crippen LogP contribution in [0.5, 0.6) is 0 Å². The first-order valence-electron chi connectivity index (χ1n) is 8.62. The Morgan fingerprint density at radius 2 is 1.84 bits per heavy atom. The number of hydrogen-bond acceptors (Lipinski definition) is 4. The second-order valence-corrected chi connectivity index (χ2v) is 6.47. The normalized spacial score (nSPS) is 15.6. The highest BCUT2D eigenvalue weighted by Gasteiger charge is 2.22. The summed E-state index contributed by atoms with van der Waals surface area (Å²) in [6, 6.07) is 15.9. The molecule has 0 atom stereocenters. The summed E-state index contributed by atoms with van der Waals surface area (Å²) in [5.41, 5.74) is 3.46.